The molecule has 11 aromatic carbocycles. The van der Waals surface area contributed by atoms with Crippen LogP contribution in [0.5, 0.6) is 0 Å². The fraction of sp³-hybridized carbons (Fsp3) is 0.0154. The summed E-state index contributed by atoms with van der Waals surface area (Å²) in [7, 11) is 0. The van der Waals surface area contributed by atoms with E-state index in [0.717, 1.165) is 28.3 Å². The van der Waals surface area contributed by atoms with Crippen molar-refractivity contribution >= 4 is 49.6 Å². The van der Waals surface area contributed by atoms with Crippen LogP contribution in [0.25, 0.3) is 93.9 Å². The maximum Gasteiger partial charge on any atom is 0.0562 e. The minimum atomic E-state index is 1.08. The van der Waals surface area contributed by atoms with Crippen molar-refractivity contribution in [2.24, 2.45) is 0 Å². The van der Waals surface area contributed by atoms with Gasteiger partial charge in [-0.15, -0.1) is 0 Å². The van der Waals surface area contributed by atoms with Crippen LogP contribution in [0.15, 0.2) is 261 Å². The molecule has 0 saturated carbocycles. The number of aryl methyl sites for hydroxylation is 1. The maximum atomic E-state index is 2.42. The minimum absolute atomic E-state index is 1.08. The lowest BCUT2D eigenvalue weighted by Gasteiger charge is -2.26. The van der Waals surface area contributed by atoms with E-state index in [1.54, 1.807) is 0 Å². The molecule has 0 unspecified atom stereocenters. The second-order valence-electron chi connectivity index (χ2n) is 17.4. The molecule has 0 fully saturated rings. The standard InChI is InChI=1S/C65H46N2/c1-45-17-16-28-62-64(45)61-40-38-58(44-63(61)67(62)55-25-12-5-13-26-55)66(57-36-31-50(32-37-57)60-39-33-49-22-14-15-27-59(49)65(60)51-23-10-4-11-24-51)56-34-29-48(30-35-56)54-42-52(46-18-6-2-7-19-46)41-53(43-54)47-20-8-3-9-21-47/h2-44H,1H3. The lowest BCUT2D eigenvalue weighted by molar-refractivity contribution is 1.18. The van der Waals surface area contributed by atoms with Gasteiger partial charge in [0.2, 0.25) is 0 Å². The molecule has 0 N–H and O–H groups in total. The number of anilines is 3. The van der Waals surface area contributed by atoms with Gasteiger partial charge in [0.05, 0.1) is 11.0 Å². The van der Waals surface area contributed by atoms with Gasteiger partial charge in [-0.05, 0) is 152 Å². The summed E-state index contributed by atoms with van der Waals surface area (Å²) in [5.41, 5.74) is 20.0. The Labute approximate surface area is 391 Å². The van der Waals surface area contributed by atoms with E-state index < -0.39 is 0 Å². The highest BCUT2D eigenvalue weighted by Crippen LogP contribution is 2.44. The van der Waals surface area contributed by atoms with E-state index in [1.807, 2.05) is 0 Å². The van der Waals surface area contributed by atoms with Crippen LogP contribution < -0.4 is 4.90 Å². The fourth-order valence-electron chi connectivity index (χ4n) is 10.1. The summed E-state index contributed by atoms with van der Waals surface area (Å²) in [5.74, 6) is 0. The summed E-state index contributed by atoms with van der Waals surface area (Å²) in [6, 6.07) is 95.0. The average Bonchev–Trinajstić information content (AvgIpc) is 3.74. The van der Waals surface area contributed by atoms with E-state index in [-0.39, 0.29) is 0 Å². The maximum absolute atomic E-state index is 2.42. The molecular formula is C65H46N2. The summed E-state index contributed by atoms with van der Waals surface area (Å²) < 4.78 is 2.42. The van der Waals surface area contributed by atoms with Gasteiger partial charge in [-0.1, -0.05) is 188 Å². The van der Waals surface area contributed by atoms with Gasteiger partial charge in [0.1, 0.15) is 0 Å². The Hall–Kier alpha value is -8.72. The first kappa shape index (κ1) is 39.8. The highest BCUT2D eigenvalue weighted by Gasteiger charge is 2.20. The van der Waals surface area contributed by atoms with E-state index in [1.165, 1.54) is 88.2 Å². The van der Waals surface area contributed by atoms with Crippen molar-refractivity contribution < 1.29 is 0 Å². The Bertz CT molecular complexity index is 3650. The number of fused-ring (bicyclic) bond motifs is 4. The lowest BCUT2D eigenvalue weighted by atomic mass is 9.90. The zero-order valence-corrected chi connectivity index (χ0v) is 37.2. The Kier molecular flexibility index (Phi) is 10.1. The molecule has 0 saturated heterocycles. The van der Waals surface area contributed by atoms with Crippen molar-refractivity contribution in [1.29, 1.82) is 0 Å². The number of hydrogen-bond acceptors (Lipinski definition) is 1. The minimum Gasteiger partial charge on any atom is -0.310 e. The van der Waals surface area contributed by atoms with Crippen LogP contribution in [-0.4, -0.2) is 4.57 Å². The predicted molar refractivity (Wildman–Crippen MR) is 285 cm³/mol. The first-order chi connectivity index (χ1) is 33.1. The molecule has 1 aromatic heterocycles. The monoisotopic (exact) mass is 854 g/mol. The molecule has 2 nitrogen and oxygen atoms in total. The summed E-state index contributed by atoms with van der Waals surface area (Å²) in [6.45, 7) is 2.22. The van der Waals surface area contributed by atoms with E-state index in [4.69, 9.17) is 0 Å². The number of rotatable bonds is 9. The molecule has 1 heterocycles. The van der Waals surface area contributed by atoms with E-state index in [9.17, 15) is 0 Å². The molecule has 67 heavy (non-hydrogen) atoms. The van der Waals surface area contributed by atoms with E-state index in [2.05, 4.69) is 277 Å². The van der Waals surface area contributed by atoms with Gasteiger partial charge in [-0.25, -0.2) is 0 Å². The Morgan fingerprint density at radius 2 is 0.821 bits per heavy atom. The topological polar surface area (TPSA) is 8.17 Å². The van der Waals surface area contributed by atoms with Crippen LogP contribution in [0.2, 0.25) is 0 Å². The molecular weight excluding hydrogens is 809 g/mol. The van der Waals surface area contributed by atoms with Crippen LogP contribution in [0.1, 0.15) is 5.56 Å². The van der Waals surface area contributed by atoms with Crippen LogP contribution in [0, 0.1) is 6.92 Å². The molecule has 0 atom stereocenters. The molecule has 0 aliphatic heterocycles. The summed E-state index contributed by atoms with van der Waals surface area (Å²) >= 11 is 0. The molecule has 0 amide bonds. The van der Waals surface area contributed by atoms with Crippen LogP contribution in [-0.2, 0) is 0 Å². The van der Waals surface area contributed by atoms with Gasteiger partial charge in [0.25, 0.3) is 0 Å². The van der Waals surface area contributed by atoms with Crippen molar-refractivity contribution in [2.45, 2.75) is 6.92 Å². The number of aromatic nitrogens is 1. The van der Waals surface area contributed by atoms with Crippen molar-refractivity contribution in [3.63, 3.8) is 0 Å². The van der Waals surface area contributed by atoms with Crippen LogP contribution >= 0.6 is 0 Å². The number of hydrogen-bond donors (Lipinski definition) is 0. The lowest BCUT2D eigenvalue weighted by Crippen LogP contribution is -2.10. The van der Waals surface area contributed by atoms with Gasteiger partial charge < -0.3 is 9.47 Å². The number of nitrogens with zero attached hydrogens (tertiary/aromatic N) is 2. The smallest absolute Gasteiger partial charge is 0.0562 e. The van der Waals surface area contributed by atoms with E-state index >= 15 is 0 Å². The molecule has 0 aliphatic rings. The molecule has 0 spiro atoms. The third kappa shape index (κ3) is 7.35. The van der Waals surface area contributed by atoms with Gasteiger partial charge in [0, 0.05) is 33.5 Å². The quantitative estimate of drug-likeness (QED) is 0.140. The molecule has 0 bridgehead atoms. The summed E-state index contributed by atoms with van der Waals surface area (Å²) in [4.78, 5) is 2.40. The van der Waals surface area contributed by atoms with Crippen molar-refractivity contribution in [3.8, 4) is 61.3 Å². The number of benzene rings is 11. The Morgan fingerprint density at radius 1 is 0.313 bits per heavy atom. The number of para-hydroxylation sites is 1. The predicted octanol–water partition coefficient (Wildman–Crippen LogP) is 18.1. The van der Waals surface area contributed by atoms with Crippen LogP contribution in [0.4, 0.5) is 17.1 Å². The van der Waals surface area contributed by atoms with Crippen molar-refractivity contribution in [2.75, 3.05) is 4.90 Å². The second-order valence-corrected chi connectivity index (χ2v) is 17.4. The van der Waals surface area contributed by atoms with Gasteiger partial charge in [-0.3, -0.25) is 0 Å². The summed E-state index contributed by atoms with van der Waals surface area (Å²) in [6.07, 6.45) is 0. The zero-order chi connectivity index (χ0) is 44.7. The zero-order valence-electron chi connectivity index (χ0n) is 37.2. The molecule has 12 aromatic rings. The highest BCUT2D eigenvalue weighted by atomic mass is 15.1. The van der Waals surface area contributed by atoms with Crippen molar-refractivity contribution in [1.82, 2.24) is 4.57 Å². The van der Waals surface area contributed by atoms with Gasteiger partial charge >= 0.3 is 0 Å². The highest BCUT2D eigenvalue weighted by molar-refractivity contribution is 6.12. The largest absolute Gasteiger partial charge is 0.310 e. The van der Waals surface area contributed by atoms with Crippen LogP contribution in [0.3, 0.4) is 0 Å². The molecule has 0 radical (unpaired) electrons. The third-order valence-corrected chi connectivity index (χ3v) is 13.3. The Balaban J connectivity index is 1.02. The fourth-order valence-corrected chi connectivity index (χ4v) is 10.1. The molecule has 2 heteroatoms. The normalized spacial score (nSPS) is 11.4. The average molecular weight is 855 g/mol. The molecule has 316 valence electrons. The molecule has 0 aliphatic carbocycles. The van der Waals surface area contributed by atoms with Gasteiger partial charge in [0.15, 0.2) is 0 Å². The Morgan fingerprint density at radius 3 is 1.43 bits per heavy atom. The summed E-state index contributed by atoms with van der Waals surface area (Å²) in [5, 5.41) is 5.01. The SMILES string of the molecule is Cc1cccc2c1c1ccc(N(c3ccc(-c4cc(-c5ccccc5)cc(-c5ccccc5)c4)cc3)c3ccc(-c4ccc5ccccc5c4-c4ccccc4)cc3)cc1n2-c1ccccc1. The molecule has 12 rings (SSSR count). The first-order valence-corrected chi connectivity index (χ1v) is 23.1. The van der Waals surface area contributed by atoms with E-state index in [0.29, 0.717) is 0 Å². The third-order valence-electron chi connectivity index (χ3n) is 13.3. The van der Waals surface area contributed by atoms with Gasteiger partial charge in [-0.2, -0.15) is 0 Å². The first-order valence-electron chi connectivity index (χ1n) is 23.1. The second kappa shape index (κ2) is 17.0. The van der Waals surface area contributed by atoms with Crippen molar-refractivity contribution in [3.05, 3.63) is 266 Å².